The van der Waals surface area contributed by atoms with E-state index < -0.39 is 12.2 Å². The van der Waals surface area contributed by atoms with Gasteiger partial charge in [0.15, 0.2) is 6.10 Å². The highest BCUT2D eigenvalue weighted by molar-refractivity contribution is 5.98. The summed E-state index contributed by atoms with van der Waals surface area (Å²) in [5.74, 6) is 0.298. The number of hydrogen-bond donors (Lipinski definition) is 2. The van der Waals surface area contributed by atoms with Crippen LogP contribution >= 0.6 is 0 Å². The predicted molar refractivity (Wildman–Crippen MR) is 61.6 cm³/mol. The number of carbonyl (C=O) groups is 2. The maximum Gasteiger partial charge on any atom is 0.411 e. The average molecular weight is 236 g/mol. The number of rotatable bonds is 1. The number of hydrogen-bond acceptors (Lipinski definition) is 3. The molecule has 2 N–H and O–H groups in total. The molecule has 1 unspecified atom stereocenters. The monoisotopic (exact) mass is 236 g/mol. The summed E-state index contributed by atoms with van der Waals surface area (Å²) < 4.78 is 5.36. The largest absolute Gasteiger partial charge is 0.479 e. The van der Waals surface area contributed by atoms with Crippen LogP contribution in [0.3, 0.4) is 0 Å². The zero-order valence-electron chi connectivity index (χ0n) is 9.43. The second-order valence-corrected chi connectivity index (χ2v) is 3.77. The molecule has 0 radical (unpaired) electrons. The van der Waals surface area contributed by atoms with Crippen LogP contribution in [0.1, 0.15) is 6.92 Å². The zero-order valence-corrected chi connectivity index (χ0v) is 9.43. The molecule has 1 heterocycles. The van der Waals surface area contributed by atoms with Gasteiger partial charge >= 0.3 is 6.09 Å². The lowest BCUT2D eigenvalue weighted by Crippen LogP contribution is -2.34. The SMILES string of the molecule is CC1Oc2ccc(N(C)C(=O)O)cc2NC1=O. The molecule has 2 amide bonds. The van der Waals surface area contributed by atoms with Crippen LogP contribution in [-0.4, -0.2) is 30.3 Å². The number of ether oxygens (including phenoxy) is 1. The predicted octanol–water partition coefficient (Wildman–Crippen LogP) is 1.52. The Morgan fingerprint density at radius 3 is 2.88 bits per heavy atom. The second kappa shape index (κ2) is 3.97. The molecule has 1 aromatic carbocycles. The van der Waals surface area contributed by atoms with Crippen LogP contribution < -0.4 is 15.0 Å². The first-order valence-corrected chi connectivity index (χ1v) is 5.07. The van der Waals surface area contributed by atoms with Crippen molar-refractivity contribution in [1.82, 2.24) is 0 Å². The van der Waals surface area contributed by atoms with Gasteiger partial charge in [-0.3, -0.25) is 9.69 Å². The van der Waals surface area contributed by atoms with E-state index in [1.807, 2.05) is 0 Å². The van der Waals surface area contributed by atoms with Crippen molar-refractivity contribution in [1.29, 1.82) is 0 Å². The molecule has 0 fully saturated rings. The minimum atomic E-state index is -1.07. The van der Waals surface area contributed by atoms with E-state index >= 15 is 0 Å². The quantitative estimate of drug-likeness (QED) is 0.774. The molecule has 0 spiro atoms. The summed E-state index contributed by atoms with van der Waals surface area (Å²) in [5.41, 5.74) is 0.952. The van der Waals surface area contributed by atoms with Gasteiger partial charge in [0.05, 0.1) is 5.69 Å². The van der Waals surface area contributed by atoms with E-state index in [-0.39, 0.29) is 5.91 Å². The number of fused-ring (bicyclic) bond motifs is 1. The molecule has 90 valence electrons. The molecule has 1 atom stereocenters. The van der Waals surface area contributed by atoms with Gasteiger partial charge in [0.2, 0.25) is 0 Å². The summed E-state index contributed by atoms with van der Waals surface area (Å²) in [7, 11) is 1.43. The van der Waals surface area contributed by atoms with Crippen LogP contribution in [0.2, 0.25) is 0 Å². The third-order valence-corrected chi connectivity index (χ3v) is 2.57. The van der Waals surface area contributed by atoms with Gasteiger partial charge in [0.25, 0.3) is 5.91 Å². The molecule has 2 rings (SSSR count). The van der Waals surface area contributed by atoms with Gasteiger partial charge in [0.1, 0.15) is 5.75 Å². The molecule has 0 aromatic heterocycles. The van der Waals surface area contributed by atoms with E-state index in [1.54, 1.807) is 25.1 Å². The number of benzene rings is 1. The Morgan fingerprint density at radius 1 is 1.53 bits per heavy atom. The first-order valence-electron chi connectivity index (χ1n) is 5.07. The van der Waals surface area contributed by atoms with Crippen molar-refractivity contribution in [2.45, 2.75) is 13.0 Å². The van der Waals surface area contributed by atoms with Gasteiger partial charge in [-0.15, -0.1) is 0 Å². The number of amides is 2. The summed E-state index contributed by atoms with van der Waals surface area (Å²) >= 11 is 0. The lowest BCUT2D eigenvalue weighted by molar-refractivity contribution is -0.122. The Balaban J connectivity index is 2.35. The molecule has 0 saturated carbocycles. The molecule has 17 heavy (non-hydrogen) atoms. The first kappa shape index (κ1) is 11.3. The van der Waals surface area contributed by atoms with E-state index in [9.17, 15) is 9.59 Å². The number of nitrogens with one attached hydrogen (secondary N) is 1. The molecule has 1 aromatic rings. The van der Waals surface area contributed by atoms with Crippen LogP contribution in [0.5, 0.6) is 5.75 Å². The Morgan fingerprint density at radius 2 is 2.24 bits per heavy atom. The van der Waals surface area contributed by atoms with Crippen LogP contribution in [-0.2, 0) is 4.79 Å². The van der Waals surface area contributed by atoms with E-state index in [0.717, 1.165) is 4.90 Å². The number of carboxylic acid groups (broad SMARTS) is 1. The number of carbonyl (C=O) groups excluding carboxylic acids is 1. The molecule has 0 bridgehead atoms. The summed E-state index contributed by atoms with van der Waals surface area (Å²) in [6.07, 6.45) is -1.60. The number of nitrogens with zero attached hydrogens (tertiary/aromatic N) is 1. The molecular formula is C11H12N2O4. The highest BCUT2D eigenvalue weighted by atomic mass is 16.5. The highest BCUT2D eigenvalue weighted by Crippen LogP contribution is 2.33. The Labute approximate surface area is 97.8 Å². The first-order chi connectivity index (χ1) is 7.99. The fourth-order valence-electron chi connectivity index (χ4n) is 1.52. The minimum absolute atomic E-state index is 0.243. The van der Waals surface area contributed by atoms with Gasteiger partial charge in [-0.25, -0.2) is 4.79 Å². The smallest absolute Gasteiger partial charge is 0.411 e. The summed E-state index contributed by atoms with van der Waals surface area (Å²) in [6.45, 7) is 1.65. The van der Waals surface area contributed by atoms with Crippen LogP contribution in [0.25, 0.3) is 0 Å². The normalized spacial score (nSPS) is 17.8. The van der Waals surface area contributed by atoms with Crippen molar-refractivity contribution in [2.75, 3.05) is 17.3 Å². The Hall–Kier alpha value is -2.24. The van der Waals surface area contributed by atoms with Crippen LogP contribution in [0.4, 0.5) is 16.2 Å². The lowest BCUT2D eigenvalue weighted by atomic mass is 10.2. The summed E-state index contributed by atoms with van der Waals surface area (Å²) in [5, 5.41) is 11.5. The maximum atomic E-state index is 11.4. The van der Waals surface area contributed by atoms with E-state index in [2.05, 4.69) is 5.32 Å². The highest BCUT2D eigenvalue weighted by Gasteiger charge is 2.24. The van der Waals surface area contributed by atoms with E-state index in [1.165, 1.54) is 7.05 Å². The summed E-state index contributed by atoms with van der Waals surface area (Å²) in [6, 6.07) is 4.82. The molecule has 0 saturated heterocycles. The molecule has 6 nitrogen and oxygen atoms in total. The summed E-state index contributed by atoms with van der Waals surface area (Å²) in [4.78, 5) is 23.3. The van der Waals surface area contributed by atoms with Crippen LogP contribution in [0, 0.1) is 0 Å². The molecule has 1 aliphatic rings. The van der Waals surface area contributed by atoms with Crippen molar-refractivity contribution in [3.05, 3.63) is 18.2 Å². The van der Waals surface area contributed by atoms with Gasteiger partial charge in [-0.2, -0.15) is 0 Å². The van der Waals surface area contributed by atoms with Gasteiger partial charge in [-0.05, 0) is 25.1 Å². The maximum absolute atomic E-state index is 11.4. The Kier molecular flexibility index (Phi) is 2.63. The van der Waals surface area contributed by atoms with Crippen molar-refractivity contribution < 1.29 is 19.4 Å². The minimum Gasteiger partial charge on any atom is -0.479 e. The standard InChI is InChI=1S/C11H12N2O4/c1-6-10(14)12-8-5-7(13(2)11(15)16)3-4-9(8)17-6/h3-6H,1-2H3,(H,12,14)(H,15,16). The van der Waals surface area contributed by atoms with Crippen molar-refractivity contribution in [3.8, 4) is 5.75 Å². The molecule has 6 heteroatoms. The Bertz CT molecular complexity index is 486. The molecular weight excluding hydrogens is 224 g/mol. The van der Waals surface area contributed by atoms with E-state index in [4.69, 9.17) is 9.84 Å². The molecule has 1 aliphatic heterocycles. The van der Waals surface area contributed by atoms with Gasteiger partial charge < -0.3 is 15.2 Å². The third kappa shape index (κ3) is 2.01. The average Bonchev–Trinajstić information content (AvgIpc) is 2.29. The zero-order chi connectivity index (χ0) is 12.6. The van der Waals surface area contributed by atoms with Crippen LogP contribution in [0.15, 0.2) is 18.2 Å². The second-order valence-electron chi connectivity index (χ2n) is 3.77. The van der Waals surface area contributed by atoms with Gasteiger partial charge in [0, 0.05) is 12.7 Å². The number of anilines is 2. The third-order valence-electron chi connectivity index (χ3n) is 2.57. The fourth-order valence-corrected chi connectivity index (χ4v) is 1.52. The van der Waals surface area contributed by atoms with Gasteiger partial charge in [-0.1, -0.05) is 0 Å². The van der Waals surface area contributed by atoms with Crippen molar-refractivity contribution >= 4 is 23.4 Å². The van der Waals surface area contributed by atoms with E-state index in [0.29, 0.717) is 17.1 Å². The van der Waals surface area contributed by atoms with Crippen molar-refractivity contribution in [2.24, 2.45) is 0 Å². The fraction of sp³-hybridized carbons (Fsp3) is 0.273. The molecule has 0 aliphatic carbocycles. The van der Waals surface area contributed by atoms with Crippen molar-refractivity contribution in [3.63, 3.8) is 0 Å². The topological polar surface area (TPSA) is 78.9 Å². The lowest BCUT2D eigenvalue weighted by Gasteiger charge is -2.24.